The molecule has 1 saturated heterocycles. The van der Waals surface area contributed by atoms with E-state index in [4.69, 9.17) is 0 Å². The van der Waals surface area contributed by atoms with Crippen molar-refractivity contribution in [2.75, 3.05) is 31.1 Å². The SMILES string of the molecule is Cc1nc(C)c(C(=O)N2CCN(c3ccc(-c4noc(C(F)(F)F)n4)cn3)CC2)s1. The number of aromatic nitrogens is 4. The van der Waals surface area contributed by atoms with Crippen molar-refractivity contribution in [3.8, 4) is 11.4 Å². The maximum Gasteiger partial charge on any atom is 0.471 e. The molecule has 8 nitrogen and oxygen atoms in total. The molecule has 4 rings (SSSR count). The molecule has 3 aromatic rings. The van der Waals surface area contributed by atoms with Crippen LogP contribution in [0.1, 0.15) is 26.3 Å². The molecule has 12 heteroatoms. The Balaban J connectivity index is 1.40. The minimum atomic E-state index is -4.69. The van der Waals surface area contributed by atoms with Crippen LogP contribution < -0.4 is 4.90 Å². The Morgan fingerprint density at radius 1 is 1.13 bits per heavy atom. The van der Waals surface area contributed by atoms with Crippen molar-refractivity contribution in [3.05, 3.63) is 39.8 Å². The number of thiazole rings is 1. The molecule has 0 aromatic carbocycles. The van der Waals surface area contributed by atoms with E-state index in [1.54, 1.807) is 17.0 Å². The molecule has 0 radical (unpaired) electrons. The molecule has 0 atom stereocenters. The van der Waals surface area contributed by atoms with E-state index >= 15 is 0 Å². The quantitative estimate of drug-likeness (QED) is 0.621. The first kappa shape index (κ1) is 20.3. The number of amides is 1. The van der Waals surface area contributed by atoms with Crippen molar-refractivity contribution in [3.63, 3.8) is 0 Å². The van der Waals surface area contributed by atoms with Crippen LogP contribution in [0.2, 0.25) is 0 Å². The zero-order valence-electron chi connectivity index (χ0n) is 16.1. The van der Waals surface area contributed by atoms with Gasteiger partial charge in [0.25, 0.3) is 5.91 Å². The topological polar surface area (TPSA) is 88.3 Å². The summed E-state index contributed by atoms with van der Waals surface area (Å²) < 4.78 is 42.0. The summed E-state index contributed by atoms with van der Waals surface area (Å²) in [7, 11) is 0. The number of hydrogen-bond donors (Lipinski definition) is 0. The molecule has 1 fully saturated rings. The minimum absolute atomic E-state index is 0.0152. The standard InChI is InChI=1S/C18H17F3N6O2S/c1-10-14(30-11(2)23-10)16(28)27-7-5-26(6-8-27)13-4-3-12(9-22-13)15-24-17(29-25-15)18(19,20)21/h3-4,9H,5-8H2,1-2H3. The highest BCUT2D eigenvalue weighted by atomic mass is 32.1. The van der Waals surface area contributed by atoms with Gasteiger partial charge in [-0.1, -0.05) is 5.16 Å². The summed E-state index contributed by atoms with van der Waals surface area (Å²) in [5.74, 6) is -0.922. The third-order valence-corrected chi connectivity index (χ3v) is 5.72. The van der Waals surface area contributed by atoms with Gasteiger partial charge in [-0.05, 0) is 26.0 Å². The van der Waals surface area contributed by atoms with Crippen LogP contribution in [0, 0.1) is 13.8 Å². The third kappa shape index (κ3) is 3.99. The van der Waals surface area contributed by atoms with Gasteiger partial charge < -0.3 is 14.3 Å². The molecule has 0 bridgehead atoms. The van der Waals surface area contributed by atoms with E-state index in [1.807, 2.05) is 18.7 Å². The highest BCUT2D eigenvalue weighted by molar-refractivity contribution is 7.13. The van der Waals surface area contributed by atoms with Crippen LogP contribution in [0.5, 0.6) is 0 Å². The van der Waals surface area contributed by atoms with Crippen molar-refractivity contribution in [2.24, 2.45) is 0 Å². The summed E-state index contributed by atoms with van der Waals surface area (Å²) in [5, 5.41) is 4.22. The van der Waals surface area contributed by atoms with Crippen LogP contribution in [0.3, 0.4) is 0 Å². The van der Waals surface area contributed by atoms with Crippen LogP contribution in [0.4, 0.5) is 19.0 Å². The molecule has 0 aliphatic carbocycles. The molecular formula is C18H17F3N6O2S. The van der Waals surface area contributed by atoms with Gasteiger partial charge in [0.15, 0.2) is 0 Å². The number of piperazine rings is 1. The smallest absolute Gasteiger partial charge is 0.353 e. The molecule has 1 aliphatic rings. The average Bonchev–Trinajstić information content (AvgIpc) is 3.34. The van der Waals surface area contributed by atoms with Gasteiger partial charge in [-0.25, -0.2) is 9.97 Å². The van der Waals surface area contributed by atoms with Gasteiger partial charge >= 0.3 is 12.1 Å². The minimum Gasteiger partial charge on any atom is -0.353 e. The molecule has 0 saturated carbocycles. The molecule has 30 heavy (non-hydrogen) atoms. The van der Waals surface area contributed by atoms with Gasteiger partial charge in [-0.2, -0.15) is 18.2 Å². The molecule has 4 heterocycles. The largest absolute Gasteiger partial charge is 0.471 e. The molecule has 158 valence electrons. The lowest BCUT2D eigenvalue weighted by atomic mass is 10.2. The lowest BCUT2D eigenvalue weighted by Crippen LogP contribution is -2.49. The number of nitrogens with zero attached hydrogens (tertiary/aromatic N) is 6. The van der Waals surface area contributed by atoms with E-state index in [9.17, 15) is 18.0 Å². The highest BCUT2D eigenvalue weighted by Gasteiger charge is 2.38. The summed E-state index contributed by atoms with van der Waals surface area (Å²) in [6, 6.07) is 3.28. The van der Waals surface area contributed by atoms with Crippen molar-refractivity contribution in [2.45, 2.75) is 20.0 Å². The zero-order valence-corrected chi connectivity index (χ0v) is 16.9. The molecule has 3 aromatic heterocycles. The fourth-order valence-electron chi connectivity index (χ4n) is 3.17. The Bertz CT molecular complexity index is 1050. The first-order valence-electron chi connectivity index (χ1n) is 9.08. The number of hydrogen-bond acceptors (Lipinski definition) is 8. The van der Waals surface area contributed by atoms with E-state index in [1.165, 1.54) is 17.5 Å². The van der Waals surface area contributed by atoms with Crippen LogP contribution in [-0.4, -0.2) is 57.1 Å². The number of carbonyl (C=O) groups is 1. The van der Waals surface area contributed by atoms with E-state index in [2.05, 4.69) is 24.6 Å². The molecule has 1 aliphatic heterocycles. The fourth-order valence-corrected chi connectivity index (χ4v) is 4.06. The number of rotatable bonds is 3. The second-order valence-corrected chi connectivity index (χ2v) is 7.96. The Hall–Kier alpha value is -3.02. The molecular weight excluding hydrogens is 421 g/mol. The lowest BCUT2D eigenvalue weighted by Gasteiger charge is -2.35. The van der Waals surface area contributed by atoms with Gasteiger partial charge in [0.2, 0.25) is 5.82 Å². The van der Waals surface area contributed by atoms with Crippen molar-refractivity contribution in [1.29, 1.82) is 0 Å². The first-order valence-corrected chi connectivity index (χ1v) is 9.89. The van der Waals surface area contributed by atoms with Crippen molar-refractivity contribution >= 4 is 23.1 Å². The first-order chi connectivity index (χ1) is 14.2. The summed E-state index contributed by atoms with van der Waals surface area (Å²) in [6.07, 6.45) is -3.28. The molecule has 0 spiro atoms. The molecule has 0 N–H and O–H groups in total. The third-order valence-electron chi connectivity index (χ3n) is 4.66. The number of anilines is 1. The molecule has 0 unspecified atom stereocenters. The van der Waals surface area contributed by atoms with Gasteiger partial charge in [0.1, 0.15) is 10.7 Å². The Kier molecular flexibility index (Phi) is 5.18. The van der Waals surface area contributed by atoms with Gasteiger partial charge in [-0.3, -0.25) is 4.79 Å². The lowest BCUT2D eigenvalue weighted by molar-refractivity contribution is -0.159. The van der Waals surface area contributed by atoms with Gasteiger partial charge in [0.05, 0.1) is 10.7 Å². The maximum atomic E-state index is 12.7. The summed E-state index contributed by atoms with van der Waals surface area (Å²) in [4.78, 5) is 29.2. The predicted molar refractivity (Wildman–Crippen MR) is 102 cm³/mol. The van der Waals surface area contributed by atoms with Crippen LogP contribution in [0.25, 0.3) is 11.4 Å². The van der Waals surface area contributed by atoms with Crippen LogP contribution in [-0.2, 0) is 6.18 Å². The van der Waals surface area contributed by atoms with E-state index in [0.717, 1.165) is 10.7 Å². The average molecular weight is 438 g/mol. The maximum absolute atomic E-state index is 12.7. The van der Waals surface area contributed by atoms with Crippen LogP contribution in [0.15, 0.2) is 22.9 Å². The number of alkyl halides is 3. The van der Waals surface area contributed by atoms with E-state index in [0.29, 0.717) is 42.4 Å². The summed E-state index contributed by atoms with van der Waals surface area (Å²) in [6.45, 7) is 5.97. The monoisotopic (exact) mass is 438 g/mol. The van der Waals surface area contributed by atoms with Gasteiger partial charge in [-0.15, -0.1) is 11.3 Å². The highest BCUT2D eigenvalue weighted by Crippen LogP contribution is 2.29. The number of halogens is 3. The predicted octanol–water partition coefficient (Wildman–Crippen LogP) is 3.19. The molecule has 1 amide bonds. The van der Waals surface area contributed by atoms with E-state index in [-0.39, 0.29) is 11.7 Å². The van der Waals surface area contributed by atoms with Crippen molar-refractivity contribution < 1.29 is 22.5 Å². The number of pyridine rings is 1. The summed E-state index contributed by atoms with van der Waals surface area (Å²) in [5.41, 5.74) is 1.07. The number of aryl methyl sites for hydroxylation is 2. The fraction of sp³-hybridized carbons (Fsp3) is 0.389. The normalized spacial score (nSPS) is 15.0. The zero-order chi connectivity index (χ0) is 21.5. The second kappa shape index (κ2) is 7.67. The number of carbonyl (C=O) groups excluding carboxylic acids is 1. The van der Waals surface area contributed by atoms with Crippen molar-refractivity contribution in [1.82, 2.24) is 25.0 Å². The Morgan fingerprint density at radius 3 is 2.40 bits per heavy atom. The van der Waals surface area contributed by atoms with Crippen LogP contribution >= 0.6 is 11.3 Å². The Morgan fingerprint density at radius 2 is 1.87 bits per heavy atom. The van der Waals surface area contributed by atoms with Gasteiger partial charge in [0, 0.05) is 37.9 Å². The summed E-state index contributed by atoms with van der Waals surface area (Å²) >= 11 is 1.40. The second-order valence-electron chi connectivity index (χ2n) is 6.75. The Labute approximate surface area is 173 Å². The van der Waals surface area contributed by atoms with E-state index < -0.39 is 12.1 Å².